The molecule has 1 aromatic carbocycles. The number of rotatable bonds is 9. The van der Waals surface area contributed by atoms with Gasteiger partial charge < -0.3 is 19.9 Å². The Morgan fingerprint density at radius 2 is 2.04 bits per heavy atom. The molecule has 0 fully saturated rings. The van der Waals surface area contributed by atoms with E-state index in [2.05, 4.69) is 10.3 Å². The smallest absolute Gasteiger partial charge is 0.326 e. The average Bonchev–Trinajstić information content (AvgIpc) is 3.09. The van der Waals surface area contributed by atoms with Gasteiger partial charge in [0.05, 0.1) is 6.61 Å². The number of carbonyl (C=O) groups excluding carboxylic acids is 1. The number of amides is 1. The Kier molecular flexibility index (Phi) is 6.91. The Hall–Kier alpha value is -2.45. The van der Waals surface area contributed by atoms with E-state index in [4.69, 9.17) is 14.6 Å². The minimum Gasteiger partial charge on any atom is -0.494 e. The maximum atomic E-state index is 12.2. The molecule has 0 aliphatic rings. The molecule has 0 aliphatic carbocycles. The molecule has 1 atom stereocenters. The molecule has 1 heterocycles. The van der Waals surface area contributed by atoms with Crippen molar-refractivity contribution in [3.05, 3.63) is 35.3 Å². The number of carboxylic acid groups (broad SMARTS) is 1. The molecule has 8 heteroatoms. The maximum Gasteiger partial charge on any atom is 0.326 e. The number of carboxylic acids is 1. The molecule has 2 N–H and O–H groups in total. The number of carbonyl (C=O) groups is 2. The van der Waals surface area contributed by atoms with Crippen LogP contribution < -0.4 is 10.1 Å². The summed E-state index contributed by atoms with van der Waals surface area (Å²) < 4.78 is 10.3. The molecule has 1 amide bonds. The summed E-state index contributed by atoms with van der Waals surface area (Å²) in [5.41, 5.74) is 1.05. The summed E-state index contributed by atoms with van der Waals surface area (Å²) in [6, 6.07) is 6.40. The fourth-order valence-electron chi connectivity index (χ4n) is 2.10. The van der Waals surface area contributed by atoms with Crippen LogP contribution in [0.1, 0.15) is 23.8 Å². The molecule has 2 rings (SSSR count). The standard InChI is InChI=1S/C17H20N2O5S/c1-3-24-12-6-4-11(5-7-12)16-19-14(10-25-16)15(20)18-13(17(21)22)8-9-23-2/h4-7,10,13H,3,8-9H2,1-2H3,(H,18,20)(H,21,22). The second-order valence-electron chi connectivity index (χ2n) is 5.14. The van der Waals surface area contributed by atoms with Gasteiger partial charge in [-0.2, -0.15) is 0 Å². The van der Waals surface area contributed by atoms with Crippen LogP contribution in [0.4, 0.5) is 0 Å². The number of hydrogen-bond acceptors (Lipinski definition) is 6. The van der Waals surface area contributed by atoms with E-state index in [0.29, 0.717) is 11.6 Å². The van der Waals surface area contributed by atoms with Crippen molar-refractivity contribution in [3.63, 3.8) is 0 Å². The van der Waals surface area contributed by atoms with E-state index >= 15 is 0 Å². The van der Waals surface area contributed by atoms with Gasteiger partial charge in [-0.25, -0.2) is 9.78 Å². The fourth-order valence-corrected chi connectivity index (χ4v) is 2.90. The molecule has 134 valence electrons. The summed E-state index contributed by atoms with van der Waals surface area (Å²) >= 11 is 1.32. The number of aromatic nitrogens is 1. The Balaban J connectivity index is 2.06. The minimum atomic E-state index is -1.10. The molecule has 25 heavy (non-hydrogen) atoms. The SMILES string of the molecule is CCOc1ccc(-c2nc(C(=O)NC(CCOC)C(=O)O)cs2)cc1. The first kappa shape index (κ1) is 18.9. The second-order valence-corrected chi connectivity index (χ2v) is 6.00. The summed E-state index contributed by atoms with van der Waals surface area (Å²) in [6.45, 7) is 2.75. The molecule has 0 saturated carbocycles. The number of aliphatic carboxylic acids is 1. The van der Waals surface area contributed by atoms with Crippen molar-refractivity contribution in [1.82, 2.24) is 10.3 Å². The number of thiazole rings is 1. The van der Waals surface area contributed by atoms with E-state index in [0.717, 1.165) is 11.3 Å². The number of hydrogen-bond donors (Lipinski definition) is 2. The van der Waals surface area contributed by atoms with Crippen LogP contribution in [0, 0.1) is 0 Å². The normalized spacial score (nSPS) is 11.8. The van der Waals surface area contributed by atoms with Gasteiger partial charge in [0.25, 0.3) is 5.91 Å². The van der Waals surface area contributed by atoms with Crippen LogP contribution in [-0.2, 0) is 9.53 Å². The highest BCUT2D eigenvalue weighted by Gasteiger charge is 2.22. The highest BCUT2D eigenvalue weighted by atomic mass is 32.1. The van der Waals surface area contributed by atoms with Crippen LogP contribution in [0.2, 0.25) is 0 Å². The Morgan fingerprint density at radius 1 is 1.32 bits per heavy atom. The molecule has 0 aliphatic heterocycles. The lowest BCUT2D eigenvalue weighted by Crippen LogP contribution is -2.41. The molecule has 0 radical (unpaired) electrons. The number of nitrogens with zero attached hydrogens (tertiary/aromatic N) is 1. The van der Waals surface area contributed by atoms with Crippen LogP contribution in [0.25, 0.3) is 10.6 Å². The lowest BCUT2D eigenvalue weighted by atomic mass is 10.2. The first-order valence-electron chi connectivity index (χ1n) is 7.76. The zero-order chi connectivity index (χ0) is 18.2. The van der Waals surface area contributed by atoms with Crippen molar-refractivity contribution in [3.8, 4) is 16.3 Å². The minimum absolute atomic E-state index is 0.188. The van der Waals surface area contributed by atoms with Gasteiger partial charge in [0.2, 0.25) is 0 Å². The average molecular weight is 364 g/mol. The zero-order valence-corrected chi connectivity index (χ0v) is 14.8. The number of methoxy groups -OCH3 is 1. The topological polar surface area (TPSA) is 97.8 Å². The van der Waals surface area contributed by atoms with Gasteiger partial charge in [0.1, 0.15) is 22.5 Å². The van der Waals surface area contributed by atoms with Crippen LogP contribution in [0.3, 0.4) is 0 Å². The van der Waals surface area contributed by atoms with Gasteiger partial charge in [-0.15, -0.1) is 11.3 Å². The monoisotopic (exact) mass is 364 g/mol. The predicted molar refractivity (Wildman–Crippen MR) is 94.1 cm³/mol. The van der Waals surface area contributed by atoms with Gasteiger partial charge >= 0.3 is 5.97 Å². The molecular formula is C17H20N2O5S. The third-order valence-electron chi connectivity index (χ3n) is 3.36. The highest BCUT2D eigenvalue weighted by molar-refractivity contribution is 7.13. The van der Waals surface area contributed by atoms with Gasteiger partial charge in [0, 0.05) is 31.1 Å². The zero-order valence-electron chi connectivity index (χ0n) is 14.0. The number of ether oxygens (including phenoxy) is 2. The molecule has 0 bridgehead atoms. The van der Waals surface area contributed by atoms with E-state index in [9.17, 15) is 9.59 Å². The largest absolute Gasteiger partial charge is 0.494 e. The van der Waals surface area contributed by atoms with Gasteiger partial charge in [-0.05, 0) is 31.2 Å². The number of benzene rings is 1. The van der Waals surface area contributed by atoms with Crippen molar-refractivity contribution >= 4 is 23.2 Å². The van der Waals surface area contributed by atoms with Crippen molar-refractivity contribution < 1.29 is 24.2 Å². The van der Waals surface area contributed by atoms with Gasteiger partial charge in [-0.3, -0.25) is 4.79 Å². The summed E-state index contributed by atoms with van der Waals surface area (Å²) in [5.74, 6) is -0.854. The van der Waals surface area contributed by atoms with Crippen molar-refractivity contribution in [1.29, 1.82) is 0 Å². The lowest BCUT2D eigenvalue weighted by molar-refractivity contribution is -0.139. The Labute approximate surface area is 149 Å². The van der Waals surface area contributed by atoms with Gasteiger partial charge in [-0.1, -0.05) is 0 Å². The maximum absolute atomic E-state index is 12.2. The van der Waals surface area contributed by atoms with Crippen LogP contribution in [0.5, 0.6) is 5.75 Å². The van der Waals surface area contributed by atoms with Crippen LogP contribution in [0.15, 0.2) is 29.6 Å². The number of nitrogens with one attached hydrogen (secondary N) is 1. The van der Waals surface area contributed by atoms with E-state index in [1.807, 2.05) is 31.2 Å². The Morgan fingerprint density at radius 3 is 2.64 bits per heavy atom. The summed E-state index contributed by atoms with van der Waals surface area (Å²) in [6.07, 6.45) is 0.188. The summed E-state index contributed by atoms with van der Waals surface area (Å²) in [5, 5.41) is 13.9. The molecule has 1 unspecified atom stereocenters. The highest BCUT2D eigenvalue weighted by Crippen LogP contribution is 2.25. The first-order valence-corrected chi connectivity index (χ1v) is 8.64. The van der Waals surface area contributed by atoms with E-state index in [1.165, 1.54) is 18.4 Å². The summed E-state index contributed by atoms with van der Waals surface area (Å²) in [4.78, 5) is 27.7. The quantitative estimate of drug-likeness (QED) is 0.709. The molecular weight excluding hydrogens is 344 g/mol. The van der Waals surface area contributed by atoms with Crippen LogP contribution >= 0.6 is 11.3 Å². The van der Waals surface area contributed by atoms with Gasteiger partial charge in [0.15, 0.2) is 0 Å². The van der Waals surface area contributed by atoms with E-state index < -0.39 is 17.9 Å². The molecule has 7 nitrogen and oxygen atoms in total. The summed E-state index contributed by atoms with van der Waals surface area (Å²) in [7, 11) is 1.48. The lowest BCUT2D eigenvalue weighted by Gasteiger charge is -2.12. The molecule has 2 aromatic rings. The fraction of sp³-hybridized carbons (Fsp3) is 0.353. The molecule has 1 aromatic heterocycles. The second kappa shape index (κ2) is 9.14. The molecule has 0 saturated heterocycles. The van der Waals surface area contributed by atoms with Crippen molar-refractivity contribution in [2.24, 2.45) is 0 Å². The third-order valence-corrected chi connectivity index (χ3v) is 4.25. The first-order chi connectivity index (χ1) is 12.0. The molecule has 0 spiro atoms. The van der Waals surface area contributed by atoms with Crippen molar-refractivity contribution in [2.75, 3.05) is 20.3 Å². The van der Waals surface area contributed by atoms with Crippen molar-refractivity contribution in [2.45, 2.75) is 19.4 Å². The van der Waals surface area contributed by atoms with Crippen LogP contribution in [-0.4, -0.2) is 48.3 Å². The van der Waals surface area contributed by atoms with E-state index in [1.54, 1.807) is 5.38 Å². The third kappa shape index (κ3) is 5.27. The predicted octanol–water partition coefficient (Wildman–Crippen LogP) is 2.43. The Bertz CT molecular complexity index is 714. The van der Waals surface area contributed by atoms with E-state index in [-0.39, 0.29) is 18.7 Å².